The highest BCUT2D eigenvalue weighted by atomic mass is 14.9. The quantitative estimate of drug-likeness (QED) is 0.654. The maximum Gasteiger partial charge on any atom is 0.129 e. The Bertz CT molecular complexity index is 749. The molecule has 0 aliphatic heterocycles. The van der Waals surface area contributed by atoms with E-state index in [2.05, 4.69) is 47.2 Å². The molecule has 3 aromatic rings. The first-order chi connectivity index (χ1) is 10.8. The molecule has 0 bridgehead atoms. The van der Waals surface area contributed by atoms with E-state index >= 15 is 0 Å². The van der Waals surface area contributed by atoms with Crippen molar-refractivity contribution in [3.63, 3.8) is 0 Å². The van der Waals surface area contributed by atoms with Crippen molar-refractivity contribution in [3.8, 4) is 0 Å². The number of unbranched alkanes of at least 4 members (excludes halogenated alkanes) is 1. The largest absolute Gasteiger partial charge is 0.241 e. The van der Waals surface area contributed by atoms with Gasteiger partial charge < -0.3 is 0 Å². The lowest BCUT2D eigenvalue weighted by Crippen LogP contribution is -1.99. The van der Waals surface area contributed by atoms with Crippen LogP contribution in [0.3, 0.4) is 0 Å². The Morgan fingerprint density at radius 3 is 2.55 bits per heavy atom. The van der Waals surface area contributed by atoms with E-state index in [0.717, 1.165) is 29.6 Å². The Balaban J connectivity index is 1.68. The van der Waals surface area contributed by atoms with Crippen LogP contribution >= 0.6 is 0 Å². The molecule has 0 radical (unpaired) electrons. The number of aryl methyl sites for hydroxylation is 3. The summed E-state index contributed by atoms with van der Waals surface area (Å²) in [7, 11) is 0. The maximum atomic E-state index is 4.65. The van der Waals surface area contributed by atoms with Crippen molar-refractivity contribution < 1.29 is 0 Å². The van der Waals surface area contributed by atoms with Gasteiger partial charge >= 0.3 is 0 Å². The number of hydrogen-bond acceptors (Lipinski definition) is 2. The van der Waals surface area contributed by atoms with E-state index in [1.165, 1.54) is 30.4 Å². The van der Waals surface area contributed by atoms with Gasteiger partial charge in [-0.05, 0) is 36.5 Å². The van der Waals surface area contributed by atoms with E-state index in [4.69, 9.17) is 0 Å². The second kappa shape index (κ2) is 7.17. The molecule has 1 heterocycles. The minimum Gasteiger partial charge on any atom is -0.241 e. The number of aromatic nitrogens is 2. The molecule has 0 amide bonds. The van der Waals surface area contributed by atoms with Crippen molar-refractivity contribution in [1.29, 1.82) is 0 Å². The Morgan fingerprint density at radius 2 is 1.68 bits per heavy atom. The average molecular weight is 290 g/mol. The lowest BCUT2D eigenvalue weighted by atomic mass is 10.0. The van der Waals surface area contributed by atoms with Crippen LogP contribution in [0, 0.1) is 0 Å². The van der Waals surface area contributed by atoms with Gasteiger partial charge in [-0.2, -0.15) is 0 Å². The van der Waals surface area contributed by atoms with Gasteiger partial charge in [-0.15, -0.1) is 0 Å². The predicted octanol–water partition coefficient (Wildman–Crippen LogP) is 4.76. The topological polar surface area (TPSA) is 25.8 Å². The third kappa shape index (κ3) is 3.70. The minimum absolute atomic E-state index is 0.891. The molecule has 0 atom stereocenters. The summed E-state index contributed by atoms with van der Waals surface area (Å²) in [5.74, 6) is 0.928. The SMILES string of the molecule is CCCCc1cccc(CCc2ncc3ccccc3n2)c1. The standard InChI is InChI=1S/C20H22N2/c1-2-3-7-16-8-6-9-17(14-16)12-13-20-21-15-18-10-4-5-11-19(18)22-20/h4-6,8-11,14-15H,2-3,7,12-13H2,1H3. The van der Waals surface area contributed by atoms with Gasteiger partial charge in [-0.1, -0.05) is 55.8 Å². The molecular formula is C20H22N2. The molecular weight excluding hydrogens is 268 g/mol. The van der Waals surface area contributed by atoms with E-state index in [-0.39, 0.29) is 0 Å². The summed E-state index contributed by atoms with van der Waals surface area (Å²) in [4.78, 5) is 9.13. The average Bonchev–Trinajstić information content (AvgIpc) is 2.58. The van der Waals surface area contributed by atoms with Gasteiger partial charge in [0.05, 0.1) is 5.52 Å². The molecule has 2 aromatic carbocycles. The highest BCUT2D eigenvalue weighted by molar-refractivity contribution is 5.77. The normalized spacial score (nSPS) is 11.0. The number of nitrogens with zero attached hydrogens (tertiary/aromatic N) is 2. The molecule has 1 aromatic heterocycles. The molecule has 3 rings (SSSR count). The predicted molar refractivity (Wildman–Crippen MR) is 92.0 cm³/mol. The molecule has 2 heteroatoms. The van der Waals surface area contributed by atoms with Gasteiger partial charge in [0.1, 0.15) is 5.82 Å². The summed E-state index contributed by atoms with van der Waals surface area (Å²) in [6, 6.07) is 17.1. The van der Waals surface area contributed by atoms with Crippen molar-refractivity contribution in [1.82, 2.24) is 9.97 Å². The molecule has 0 spiro atoms. The zero-order valence-electron chi connectivity index (χ0n) is 13.1. The first-order valence-corrected chi connectivity index (χ1v) is 8.13. The first kappa shape index (κ1) is 14.7. The second-order valence-corrected chi connectivity index (χ2v) is 5.77. The zero-order chi connectivity index (χ0) is 15.2. The van der Waals surface area contributed by atoms with Crippen LogP contribution in [0.25, 0.3) is 10.9 Å². The van der Waals surface area contributed by atoms with Gasteiger partial charge in [0.2, 0.25) is 0 Å². The lowest BCUT2D eigenvalue weighted by molar-refractivity contribution is 0.792. The molecule has 0 fully saturated rings. The smallest absolute Gasteiger partial charge is 0.129 e. The summed E-state index contributed by atoms with van der Waals surface area (Å²) in [5, 5.41) is 1.10. The molecule has 0 saturated carbocycles. The molecule has 0 unspecified atom stereocenters. The Kier molecular flexibility index (Phi) is 4.79. The highest BCUT2D eigenvalue weighted by Crippen LogP contribution is 2.13. The number of benzene rings is 2. The fourth-order valence-corrected chi connectivity index (χ4v) is 2.71. The third-order valence-corrected chi connectivity index (χ3v) is 3.99. The van der Waals surface area contributed by atoms with Crippen LogP contribution in [0.4, 0.5) is 0 Å². The first-order valence-electron chi connectivity index (χ1n) is 8.13. The van der Waals surface area contributed by atoms with Crippen molar-refractivity contribution >= 4 is 10.9 Å². The van der Waals surface area contributed by atoms with Crippen LogP contribution in [0.5, 0.6) is 0 Å². The molecule has 2 nitrogen and oxygen atoms in total. The molecule has 0 saturated heterocycles. The number of rotatable bonds is 6. The van der Waals surface area contributed by atoms with Crippen molar-refractivity contribution in [2.45, 2.75) is 39.0 Å². The van der Waals surface area contributed by atoms with Crippen LogP contribution in [0.15, 0.2) is 54.7 Å². The van der Waals surface area contributed by atoms with Gasteiger partial charge in [0, 0.05) is 18.0 Å². The number of para-hydroxylation sites is 1. The lowest BCUT2D eigenvalue weighted by Gasteiger charge is -2.05. The summed E-state index contributed by atoms with van der Waals surface area (Å²) < 4.78 is 0. The monoisotopic (exact) mass is 290 g/mol. The van der Waals surface area contributed by atoms with E-state index in [9.17, 15) is 0 Å². The summed E-state index contributed by atoms with van der Waals surface area (Å²) >= 11 is 0. The highest BCUT2D eigenvalue weighted by Gasteiger charge is 2.02. The summed E-state index contributed by atoms with van der Waals surface area (Å²) in [6.45, 7) is 2.24. The van der Waals surface area contributed by atoms with Crippen molar-refractivity contribution in [2.24, 2.45) is 0 Å². The Labute approximate surface area is 132 Å². The molecule has 22 heavy (non-hydrogen) atoms. The van der Waals surface area contributed by atoms with Gasteiger partial charge in [-0.3, -0.25) is 0 Å². The van der Waals surface area contributed by atoms with Gasteiger partial charge in [0.15, 0.2) is 0 Å². The maximum absolute atomic E-state index is 4.65. The van der Waals surface area contributed by atoms with Crippen molar-refractivity contribution in [2.75, 3.05) is 0 Å². The Morgan fingerprint density at radius 1 is 0.864 bits per heavy atom. The summed E-state index contributed by atoms with van der Waals surface area (Å²) in [5.41, 5.74) is 3.85. The van der Waals surface area contributed by atoms with Gasteiger partial charge in [0.25, 0.3) is 0 Å². The fourth-order valence-electron chi connectivity index (χ4n) is 2.71. The third-order valence-electron chi connectivity index (χ3n) is 3.99. The van der Waals surface area contributed by atoms with E-state index in [1.807, 2.05) is 24.4 Å². The van der Waals surface area contributed by atoms with Crippen LogP contribution in [-0.2, 0) is 19.3 Å². The Hall–Kier alpha value is -2.22. The minimum atomic E-state index is 0.891. The van der Waals surface area contributed by atoms with E-state index in [1.54, 1.807) is 0 Å². The number of hydrogen-bond donors (Lipinski definition) is 0. The molecule has 0 N–H and O–H groups in total. The number of fused-ring (bicyclic) bond motifs is 1. The van der Waals surface area contributed by atoms with Crippen molar-refractivity contribution in [3.05, 3.63) is 71.7 Å². The molecule has 0 aliphatic carbocycles. The second-order valence-electron chi connectivity index (χ2n) is 5.77. The molecule has 0 aliphatic rings. The van der Waals surface area contributed by atoms with Crippen LogP contribution in [0.2, 0.25) is 0 Å². The summed E-state index contributed by atoms with van der Waals surface area (Å²) in [6.07, 6.45) is 7.50. The van der Waals surface area contributed by atoms with Gasteiger partial charge in [-0.25, -0.2) is 9.97 Å². The van der Waals surface area contributed by atoms with Crippen LogP contribution < -0.4 is 0 Å². The van der Waals surface area contributed by atoms with Crippen LogP contribution in [-0.4, -0.2) is 9.97 Å². The zero-order valence-corrected chi connectivity index (χ0v) is 13.1. The van der Waals surface area contributed by atoms with Crippen LogP contribution in [0.1, 0.15) is 36.7 Å². The fraction of sp³-hybridized carbons (Fsp3) is 0.300. The van der Waals surface area contributed by atoms with E-state index < -0.39 is 0 Å². The van der Waals surface area contributed by atoms with E-state index in [0.29, 0.717) is 0 Å². The molecule has 112 valence electrons.